The number of nitrogens with zero attached hydrogens (tertiary/aromatic N) is 1. The normalized spacial score (nSPS) is 19.7. The number of likely N-dealkylation sites (tertiary alicyclic amines) is 1. The van der Waals surface area contributed by atoms with Crippen molar-refractivity contribution in [3.63, 3.8) is 0 Å². The molecule has 1 aliphatic heterocycles. The van der Waals surface area contributed by atoms with Crippen LogP contribution in [-0.2, 0) is 4.79 Å². The number of nitrogens with one attached hydrogen (secondary N) is 2. The van der Waals surface area contributed by atoms with E-state index >= 15 is 0 Å². The molecular formula is C23H36ClN3O2. The summed E-state index contributed by atoms with van der Waals surface area (Å²) in [5, 5.41) is 6.48. The zero-order valence-electron chi connectivity index (χ0n) is 18.4. The van der Waals surface area contributed by atoms with Crippen LogP contribution < -0.4 is 10.6 Å². The molecule has 1 aliphatic rings. The zero-order valence-corrected chi connectivity index (χ0v) is 19.2. The highest BCUT2D eigenvalue weighted by Crippen LogP contribution is 2.42. The lowest BCUT2D eigenvalue weighted by Gasteiger charge is -2.45. The van der Waals surface area contributed by atoms with Gasteiger partial charge in [0.1, 0.15) is 6.04 Å². The van der Waals surface area contributed by atoms with Gasteiger partial charge in [-0.3, -0.25) is 4.79 Å². The molecule has 0 bridgehead atoms. The smallest absolute Gasteiger partial charge is 0.315 e. The minimum Gasteiger partial charge on any atom is -0.340 e. The van der Waals surface area contributed by atoms with Crippen LogP contribution in [0, 0.1) is 11.3 Å². The van der Waals surface area contributed by atoms with Gasteiger partial charge in [-0.15, -0.1) is 0 Å². The molecule has 0 aromatic heterocycles. The molecule has 1 unspecified atom stereocenters. The van der Waals surface area contributed by atoms with Gasteiger partial charge in [0, 0.05) is 24.7 Å². The molecule has 29 heavy (non-hydrogen) atoms. The van der Waals surface area contributed by atoms with Gasteiger partial charge in [0.05, 0.1) is 0 Å². The van der Waals surface area contributed by atoms with Gasteiger partial charge >= 0.3 is 6.03 Å². The molecule has 2 N–H and O–H groups in total. The average molecular weight is 422 g/mol. The van der Waals surface area contributed by atoms with Crippen LogP contribution in [0.1, 0.15) is 65.4 Å². The maximum atomic E-state index is 13.2. The molecule has 2 rings (SSSR count). The van der Waals surface area contributed by atoms with Crippen molar-refractivity contribution in [2.45, 2.75) is 65.8 Å². The highest BCUT2D eigenvalue weighted by molar-refractivity contribution is 6.30. The summed E-state index contributed by atoms with van der Waals surface area (Å²) in [4.78, 5) is 27.4. The molecule has 0 aliphatic carbocycles. The van der Waals surface area contributed by atoms with Crippen molar-refractivity contribution < 1.29 is 9.59 Å². The highest BCUT2D eigenvalue weighted by Gasteiger charge is 2.40. The van der Waals surface area contributed by atoms with E-state index in [2.05, 4.69) is 43.5 Å². The first-order chi connectivity index (χ1) is 13.7. The Morgan fingerprint density at radius 1 is 1.24 bits per heavy atom. The van der Waals surface area contributed by atoms with Crippen molar-refractivity contribution in [1.29, 1.82) is 0 Å². The van der Waals surface area contributed by atoms with E-state index in [0.717, 1.165) is 24.3 Å². The minimum atomic E-state index is -0.514. The van der Waals surface area contributed by atoms with Crippen molar-refractivity contribution in [1.82, 2.24) is 15.5 Å². The van der Waals surface area contributed by atoms with Gasteiger partial charge in [-0.2, -0.15) is 0 Å². The molecule has 162 valence electrons. The van der Waals surface area contributed by atoms with Crippen LogP contribution >= 0.6 is 11.6 Å². The van der Waals surface area contributed by atoms with Gasteiger partial charge in [-0.25, -0.2) is 4.79 Å². The van der Waals surface area contributed by atoms with Gasteiger partial charge in [0.15, 0.2) is 0 Å². The predicted molar refractivity (Wildman–Crippen MR) is 119 cm³/mol. The molecule has 2 atom stereocenters. The molecule has 1 aromatic carbocycles. The Morgan fingerprint density at radius 2 is 1.90 bits per heavy atom. The highest BCUT2D eigenvalue weighted by atomic mass is 35.5. The summed E-state index contributed by atoms with van der Waals surface area (Å²) in [6.07, 6.45) is 2.85. The van der Waals surface area contributed by atoms with E-state index in [9.17, 15) is 9.59 Å². The number of rotatable bonds is 7. The van der Waals surface area contributed by atoms with Crippen molar-refractivity contribution in [2.75, 3.05) is 19.6 Å². The largest absolute Gasteiger partial charge is 0.340 e. The number of urea groups is 1. The van der Waals surface area contributed by atoms with E-state index in [1.54, 1.807) is 0 Å². The molecule has 6 heteroatoms. The topological polar surface area (TPSA) is 61.4 Å². The van der Waals surface area contributed by atoms with Crippen LogP contribution in [0.2, 0.25) is 5.02 Å². The summed E-state index contributed by atoms with van der Waals surface area (Å²) in [5.41, 5.74) is 1.20. The Hall–Kier alpha value is -1.75. The monoisotopic (exact) mass is 421 g/mol. The van der Waals surface area contributed by atoms with E-state index < -0.39 is 6.04 Å². The van der Waals surface area contributed by atoms with Crippen LogP contribution in [-0.4, -0.2) is 42.5 Å². The quantitative estimate of drug-likeness (QED) is 0.621. The van der Waals surface area contributed by atoms with Gasteiger partial charge < -0.3 is 15.5 Å². The summed E-state index contributed by atoms with van der Waals surface area (Å²) in [5.74, 6) is 0.399. The van der Waals surface area contributed by atoms with Crippen molar-refractivity contribution in [3.8, 4) is 0 Å². The fraction of sp³-hybridized carbons (Fsp3) is 0.652. The molecule has 0 spiro atoms. The minimum absolute atomic E-state index is 0.00766. The first-order valence-electron chi connectivity index (χ1n) is 10.7. The average Bonchev–Trinajstić information content (AvgIpc) is 2.66. The maximum absolute atomic E-state index is 13.2. The van der Waals surface area contributed by atoms with E-state index in [1.165, 1.54) is 5.56 Å². The zero-order chi connectivity index (χ0) is 21.6. The fourth-order valence-corrected chi connectivity index (χ4v) is 4.27. The number of benzene rings is 1. The molecule has 0 radical (unpaired) electrons. The second kappa shape index (κ2) is 10.3. The number of amides is 3. The number of carbonyl (C=O) groups is 2. The Labute approximate surface area is 180 Å². The molecule has 5 nitrogen and oxygen atoms in total. The van der Waals surface area contributed by atoms with Crippen molar-refractivity contribution >= 4 is 23.5 Å². The third-order valence-electron chi connectivity index (χ3n) is 5.85. The molecule has 1 fully saturated rings. The number of hydrogen-bond donors (Lipinski definition) is 2. The Balaban J connectivity index is 2.04. The molecule has 1 aromatic rings. The Bertz CT molecular complexity index is 688. The van der Waals surface area contributed by atoms with Crippen LogP contribution in [0.15, 0.2) is 24.3 Å². The number of hydrogen-bond acceptors (Lipinski definition) is 2. The van der Waals surface area contributed by atoms with Crippen LogP contribution in [0.25, 0.3) is 0 Å². The van der Waals surface area contributed by atoms with Crippen molar-refractivity contribution in [2.24, 2.45) is 11.3 Å². The number of piperidine rings is 1. The molecule has 1 heterocycles. The van der Waals surface area contributed by atoms with E-state index in [-0.39, 0.29) is 23.3 Å². The summed E-state index contributed by atoms with van der Waals surface area (Å²) in [6, 6.07) is 7.26. The second-order valence-corrected chi connectivity index (χ2v) is 9.55. The van der Waals surface area contributed by atoms with E-state index in [1.807, 2.05) is 30.9 Å². The van der Waals surface area contributed by atoms with E-state index in [4.69, 9.17) is 11.6 Å². The van der Waals surface area contributed by atoms with Gasteiger partial charge in [0.2, 0.25) is 5.91 Å². The van der Waals surface area contributed by atoms with Gasteiger partial charge in [0.25, 0.3) is 0 Å². The first kappa shape index (κ1) is 23.5. The number of halogens is 1. The third kappa shape index (κ3) is 6.36. The third-order valence-corrected chi connectivity index (χ3v) is 6.10. The molecule has 1 saturated heterocycles. The maximum Gasteiger partial charge on any atom is 0.315 e. The Morgan fingerprint density at radius 3 is 2.45 bits per heavy atom. The summed E-state index contributed by atoms with van der Waals surface area (Å²) >= 11 is 6.04. The second-order valence-electron chi connectivity index (χ2n) is 9.12. The van der Waals surface area contributed by atoms with Crippen molar-refractivity contribution in [3.05, 3.63) is 34.9 Å². The predicted octanol–water partition coefficient (Wildman–Crippen LogP) is 4.81. The molecule has 0 saturated carbocycles. The lowest BCUT2D eigenvalue weighted by Crippen LogP contribution is -2.57. The summed E-state index contributed by atoms with van der Waals surface area (Å²) in [6.45, 7) is 12.4. The molecule has 3 amide bonds. The summed E-state index contributed by atoms with van der Waals surface area (Å²) in [7, 11) is 0. The first-order valence-corrected chi connectivity index (χ1v) is 11.1. The van der Waals surface area contributed by atoms with Gasteiger partial charge in [-0.05, 0) is 47.8 Å². The number of carbonyl (C=O) groups excluding carboxylic acids is 2. The van der Waals surface area contributed by atoms with Crippen LogP contribution in [0.4, 0.5) is 4.79 Å². The van der Waals surface area contributed by atoms with E-state index in [0.29, 0.717) is 25.6 Å². The summed E-state index contributed by atoms with van der Waals surface area (Å²) < 4.78 is 0. The van der Waals surface area contributed by atoms with Crippen LogP contribution in [0.5, 0.6) is 0 Å². The fourth-order valence-electron chi connectivity index (χ4n) is 4.14. The lowest BCUT2D eigenvalue weighted by atomic mass is 9.70. The molecular weight excluding hydrogens is 386 g/mol. The van der Waals surface area contributed by atoms with Gasteiger partial charge in [-0.1, -0.05) is 64.8 Å². The van der Waals surface area contributed by atoms with Crippen LogP contribution in [0.3, 0.4) is 0 Å². The number of unbranched alkanes of at least 4 members (excludes halogenated alkanes) is 1. The Kier molecular flexibility index (Phi) is 8.38. The lowest BCUT2D eigenvalue weighted by molar-refractivity contribution is -0.137. The SMILES string of the molecule is CCCCNC(=O)N[C@@H](C(=O)N1CCC(c2ccc(Cl)cc2)C(C)(C)C1)C(C)C. The standard InChI is InChI=1S/C23H36ClN3O2/c1-6-7-13-25-22(29)26-20(16(2)3)21(28)27-14-12-19(23(4,5)15-27)17-8-10-18(24)11-9-17/h8-11,16,19-20H,6-7,12-15H2,1-5H3,(H2,25,26,29)/t19?,20-/m1/s1.